The standard InChI is InChI=1S/C43H60N6O10S/c1-26-10-8-9-11-31-24-43(31,41(54)47-60(55,56)42(5)16-17-42)46-37(51)28(3)49(20-21-59-39-33-13-12-32(57-6)23-34(33)35(58-7)25-44-39)40(53)36(27(2)22-26)45-38(52)30-14-18-48(19-15-30)29(4)50/h9,11-13,23,25-28,30-31,36H,8,10,14-22,24H2,1-7H3,(H,45,52)(H,46,51)(H,47,54). The zero-order valence-corrected chi connectivity index (χ0v) is 36.6. The lowest BCUT2D eigenvalue weighted by molar-refractivity contribution is -0.146. The number of nitrogens with zero attached hydrogens (tertiary/aromatic N) is 3. The summed E-state index contributed by atoms with van der Waals surface area (Å²) in [5.41, 5.74) is -1.54. The molecule has 1 saturated heterocycles. The highest BCUT2D eigenvalue weighted by atomic mass is 32.2. The minimum atomic E-state index is -4.01. The van der Waals surface area contributed by atoms with Crippen LogP contribution in [-0.4, -0.2) is 116 Å². The number of likely N-dealkylation sites (tertiary alicyclic amines) is 1. The Morgan fingerprint density at radius 3 is 2.38 bits per heavy atom. The number of fused-ring (bicyclic) bond motifs is 2. The van der Waals surface area contributed by atoms with Gasteiger partial charge in [0.05, 0.1) is 31.7 Å². The van der Waals surface area contributed by atoms with Gasteiger partial charge < -0.3 is 34.6 Å². The molecule has 16 nitrogen and oxygen atoms in total. The second-order valence-corrected chi connectivity index (χ2v) is 19.5. The summed E-state index contributed by atoms with van der Waals surface area (Å²) >= 11 is 0. The molecule has 17 heteroatoms. The maximum Gasteiger partial charge on any atom is 0.259 e. The van der Waals surface area contributed by atoms with Crippen LogP contribution in [0.4, 0.5) is 0 Å². The predicted molar refractivity (Wildman–Crippen MR) is 223 cm³/mol. The molecule has 3 heterocycles. The molecule has 1 aromatic heterocycles. The fourth-order valence-corrected chi connectivity index (χ4v) is 9.73. The van der Waals surface area contributed by atoms with Crippen LogP contribution >= 0.6 is 0 Å². The van der Waals surface area contributed by atoms with E-state index in [2.05, 4.69) is 27.3 Å². The number of allylic oxidation sites excluding steroid dienone is 1. The van der Waals surface area contributed by atoms with Gasteiger partial charge in [0.2, 0.25) is 39.5 Å². The normalized spacial score (nSPS) is 27.4. The van der Waals surface area contributed by atoms with E-state index in [0.717, 1.165) is 6.42 Å². The summed E-state index contributed by atoms with van der Waals surface area (Å²) in [6.45, 7) is 9.29. The molecule has 2 saturated carbocycles. The zero-order valence-electron chi connectivity index (χ0n) is 35.7. The molecule has 0 spiro atoms. The van der Waals surface area contributed by atoms with Gasteiger partial charge in [0.25, 0.3) is 5.91 Å². The van der Waals surface area contributed by atoms with Gasteiger partial charge in [-0.25, -0.2) is 13.4 Å². The third-order valence-electron chi connectivity index (χ3n) is 13.0. The molecule has 6 rings (SSSR count). The number of hydrogen-bond donors (Lipinski definition) is 3. The summed E-state index contributed by atoms with van der Waals surface area (Å²) in [5.74, 6) is -2.05. The fraction of sp³-hybridized carbons (Fsp3) is 0.628. The topological polar surface area (TPSA) is 203 Å². The number of nitrogens with one attached hydrogen (secondary N) is 3. The van der Waals surface area contributed by atoms with Gasteiger partial charge in [-0.15, -0.1) is 0 Å². The molecule has 5 amide bonds. The number of benzene rings is 1. The first-order valence-electron chi connectivity index (χ1n) is 21.0. The average molecular weight is 853 g/mol. The Morgan fingerprint density at radius 2 is 1.73 bits per heavy atom. The molecular formula is C43H60N6O10S. The van der Waals surface area contributed by atoms with Gasteiger partial charge in [-0.3, -0.25) is 28.7 Å². The number of ether oxygens (including phenoxy) is 3. The van der Waals surface area contributed by atoms with E-state index in [9.17, 15) is 27.6 Å². The van der Waals surface area contributed by atoms with Crippen LogP contribution in [0.5, 0.6) is 17.4 Å². The molecular weight excluding hydrogens is 793 g/mol. The molecule has 3 fully saturated rings. The Bertz CT molecular complexity index is 2120. The molecule has 6 unspecified atom stereocenters. The van der Waals surface area contributed by atoms with Crippen LogP contribution < -0.4 is 29.6 Å². The van der Waals surface area contributed by atoms with Crippen LogP contribution in [0.2, 0.25) is 0 Å². The van der Waals surface area contributed by atoms with Crippen molar-refractivity contribution < 1.29 is 46.6 Å². The summed E-state index contributed by atoms with van der Waals surface area (Å²) in [4.78, 5) is 76.8. The Hall–Kier alpha value is -4.93. The molecule has 2 aliphatic carbocycles. The molecule has 0 radical (unpaired) electrons. The number of carbonyl (C=O) groups is 5. The monoisotopic (exact) mass is 852 g/mol. The number of piperidine rings is 1. The minimum absolute atomic E-state index is 0.0541. The Labute approximate surface area is 352 Å². The Kier molecular flexibility index (Phi) is 13.4. The van der Waals surface area contributed by atoms with Gasteiger partial charge in [-0.1, -0.05) is 26.0 Å². The Balaban J connectivity index is 1.31. The molecule has 3 N–H and O–H groups in total. The first kappa shape index (κ1) is 44.6. The number of pyridine rings is 1. The first-order chi connectivity index (χ1) is 28.4. The summed E-state index contributed by atoms with van der Waals surface area (Å²) < 4.78 is 44.8. The predicted octanol–water partition coefficient (Wildman–Crippen LogP) is 3.48. The van der Waals surface area contributed by atoms with Crippen molar-refractivity contribution in [3.05, 3.63) is 36.5 Å². The summed E-state index contributed by atoms with van der Waals surface area (Å²) in [6.07, 6.45) is 9.30. The van der Waals surface area contributed by atoms with Crippen molar-refractivity contribution in [2.24, 2.45) is 23.7 Å². The third-order valence-corrected chi connectivity index (χ3v) is 15.1. The van der Waals surface area contributed by atoms with Crippen molar-refractivity contribution in [1.29, 1.82) is 0 Å². The van der Waals surface area contributed by atoms with Crippen molar-refractivity contribution in [3.8, 4) is 17.4 Å². The van der Waals surface area contributed by atoms with Crippen molar-refractivity contribution in [1.82, 2.24) is 30.1 Å². The van der Waals surface area contributed by atoms with E-state index in [1.54, 1.807) is 44.1 Å². The quantitative estimate of drug-likeness (QED) is 0.280. The number of hydrogen-bond acceptors (Lipinski definition) is 11. The summed E-state index contributed by atoms with van der Waals surface area (Å²) in [5, 5.41) is 7.25. The van der Waals surface area contributed by atoms with E-state index in [1.807, 2.05) is 19.1 Å². The van der Waals surface area contributed by atoms with E-state index in [0.29, 0.717) is 73.9 Å². The fourth-order valence-electron chi connectivity index (χ4n) is 8.42. The zero-order chi connectivity index (χ0) is 43.6. The second kappa shape index (κ2) is 18.0. The summed E-state index contributed by atoms with van der Waals surface area (Å²) in [7, 11) is -0.923. The highest BCUT2D eigenvalue weighted by Crippen LogP contribution is 2.47. The third kappa shape index (κ3) is 9.50. The molecule has 2 aromatic rings. The van der Waals surface area contributed by atoms with Crippen molar-refractivity contribution >= 4 is 50.3 Å². The number of sulfonamides is 1. The number of rotatable bonds is 11. The van der Waals surface area contributed by atoms with Crippen LogP contribution in [0.1, 0.15) is 86.0 Å². The maximum atomic E-state index is 15.0. The molecule has 0 bridgehead atoms. The first-order valence-corrected chi connectivity index (χ1v) is 22.5. The SMILES string of the molecule is COc1ccc2c(OCCN3C(=O)C(NC(=O)C4CCN(C(C)=O)CC4)C(C)CC(C)CCC=CC4CC4(C(=O)NS(=O)(=O)C4(C)CC4)NC(=O)C3C)ncc(OC)c2c1. The van der Waals surface area contributed by atoms with E-state index in [1.165, 1.54) is 25.1 Å². The molecule has 6 atom stereocenters. The lowest BCUT2D eigenvalue weighted by atomic mass is 9.87. The number of aromatic nitrogens is 1. The Morgan fingerprint density at radius 1 is 1.02 bits per heavy atom. The average Bonchev–Trinajstić information content (AvgIpc) is 4.15. The van der Waals surface area contributed by atoms with E-state index >= 15 is 4.79 Å². The smallest absolute Gasteiger partial charge is 0.259 e. The van der Waals surface area contributed by atoms with Gasteiger partial charge in [0.15, 0.2) is 0 Å². The van der Waals surface area contributed by atoms with Crippen LogP contribution in [0, 0.1) is 23.7 Å². The van der Waals surface area contributed by atoms with Crippen LogP contribution in [0.15, 0.2) is 36.5 Å². The van der Waals surface area contributed by atoms with Gasteiger partial charge >= 0.3 is 0 Å². The van der Waals surface area contributed by atoms with E-state index in [-0.39, 0.29) is 49.1 Å². The molecule has 328 valence electrons. The van der Waals surface area contributed by atoms with Crippen LogP contribution in [0.3, 0.4) is 0 Å². The lowest BCUT2D eigenvalue weighted by Crippen LogP contribution is -2.61. The lowest BCUT2D eigenvalue weighted by Gasteiger charge is -2.36. The van der Waals surface area contributed by atoms with Crippen molar-refractivity contribution in [2.45, 2.75) is 108 Å². The van der Waals surface area contributed by atoms with Gasteiger partial charge in [-0.05, 0) is 95.2 Å². The highest BCUT2D eigenvalue weighted by molar-refractivity contribution is 7.91. The second-order valence-electron chi connectivity index (χ2n) is 17.3. The molecule has 2 aliphatic heterocycles. The minimum Gasteiger partial charge on any atom is -0.497 e. The van der Waals surface area contributed by atoms with Crippen LogP contribution in [-0.2, 0) is 34.0 Å². The van der Waals surface area contributed by atoms with Crippen molar-refractivity contribution in [2.75, 3.05) is 40.5 Å². The molecule has 4 aliphatic rings. The van der Waals surface area contributed by atoms with Gasteiger partial charge in [0.1, 0.15) is 35.7 Å². The number of carbonyl (C=O) groups excluding carboxylic acids is 5. The van der Waals surface area contributed by atoms with E-state index in [4.69, 9.17) is 14.2 Å². The largest absolute Gasteiger partial charge is 0.497 e. The van der Waals surface area contributed by atoms with Crippen LogP contribution in [0.25, 0.3) is 10.8 Å². The van der Waals surface area contributed by atoms with E-state index < -0.39 is 62.0 Å². The van der Waals surface area contributed by atoms with Crippen molar-refractivity contribution in [3.63, 3.8) is 0 Å². The molecule has 1 aromatic carbocycles. The molecule has 60 heavy (non-hydrogen) atoms. The van der Waals surface area contributed by atoms with Gasteiger partial charge in [0, 0.05) is 42.6 Å². The maximum absolute atomic E-state index is 15.0. The number of amides is 5. The number of methoxy groups -OCH3 is 2. The summed E-state index contributed by atoms with van der Waals surface area (Å²) in [6, 6.07) is 3.13. The van der Waals surface area contributed by atoms with Gasteiger partial charge in [-0.2, -0.15) is 0 Å². The highest BCUT2D eigenvalue weighted by Gasteiger charge is 2.62.